The zero-order valence-corrected chi connectivity index (χ0v) is 9.78. The van der Waals surface area contributed by atoms with Gasteiger partial charge in [-0.2, -0.15) is 0 Å². The molecule has 4 nitrogen and oxygen atoms in total. The van der Waals surface area contributed by atoms with Crippen LogP contribution in [0.3, 0.4) is 0 Å². The van der Waals surface area contributed by atoms with E-state index in [2.05, 4.69) is 10.3 Å². The number of nitrogens with zero attached hydrogens (tertiary/aromatic N) is 1. The van der Waals surface area contributed by atoms with E-state index in [4.69, 9.17) is 9.84 Å². The first kappa shape index (κ1) is 12.9. The van der Waals surface area contributed by atoms with Crippen LogP contribution in [0.5, 0.6) is 5.75 Å². The van der Waals surface area contributed by atoms with E-state index in [0.717, 1.165) is 0 Å². The van der Waals surface area contributed by atoms with Crippen LogP contribution in [0.25, 0.3) is 0 Å². The Balaban J connectivity index is 0.000000181. The molecular weight excluding hydrogens is 204 g/mol. The van der Waals surface area contributed by atoms with Crippen LogP contribution < -0.4 is 10.1 Å². The molecule has 1 aliphatic rings. The average Bonchev–Trinajstić information content (AvgIpc) is 2.41. The Morgan fingerprint density at radius 2 is 2.12 bits per heavy atom. The normalized spacial score (nSPS) is 14.9. The summed E-state index contributed by atoms with van der Waals surface area (Å²) in [6.07, 6.45) is 7.42. The van der Waals surface area contributed by atoms with Crippen molar-refractivity contribution >= 4 is 0 Å². The number of aromatic nitrogens is 1. The first-order valence-corrected chi connectivity index (χ1v) is 5.67. The van der Waals surface area contributed by atoms with Gasteiger partial charge in [-0.25, -0.2) is 0 Å². The summed E-state index contributed by atoms with van der Waals surface area (Å²) in [4.78, 5) is 3.82. The van der Waals surface area contributed by atoms with Crippen LogP contribution in [-0.4, -0.2) is 30.3 Å². The summed E-state index contributed by atoms with van der Waals surface area (Å²) in [6, 6.07) is 1.71. The lowest BCUT2D eigenvalue weighted by Gasteiger charge is -2.08. The Labute approximate surface area is 96.7 Å². The van der Waals surface area contributed by atoms with E-state index in [1.807, 2.05) is 0 Å². The van der Waals surface area contributed by atoms with Crippen molar-refractivity contribution in [3.63, 3.8) is 0 Å². The van der Waals surface area contributed by atoms with E-state index in [1.54, 1.807) is 25.6 Å². The van der Waals surface area contributed by atoms with Crippen molar-refractivity contribution in [2.24, 2.45) is 0 Å². The maximum Gasteiger partial charge on any atom is 0.127 e. The predicted octanol–water partition coefficient (Wildman–Crippen LogP) is 1.34. The highest BCUT2D eigenvalue weighted by atomic mass is 16.5. The van der Waals surface area contributed by atoms with Gasteiger partial charge in [0.2, 0.25) is 0 Å². The van der Waals surface area contributed by atoms with E-state index >= 15 is 0 Å². The highest BCUT2D eigenvalue weighted by molar-refractivity contribution is 5.28. The Morgan fingerprint density at radius 3 is 2.50 bits per heavy atom. The topological polar surface area (TPSA) is 54.4 Å². The maximum absolute atomic E-state index is 8.73. The third kappa shape index (κ3) is 4.59. The predicted molar refractivity (Wildman–Crippen MR) is 63.4 cm³/mol. The van der Waals surface area contributed by atoms with E-state index in [9.17, 15) is 0 Å². The number of rotatable bonds is 2. The third-order valence-electron chi connectivity index (χ3n) is 2.46. The highest BCUT2D eigenvalue weighted by Gasteiger charge is 1.97. The molecule has 0 spiro atoms. The van der Waals surface area contributed by atoms with Gasteiger partial charge in [-0.05, 0) is 32.0 Å². The van der Waals surface area contributed by atoms with Gasteiger partial charge < -0.3 is 15.2 Å². The van der Waals surface area contributed by atoms with E-state index in [0.29, 0.717) is 11.3 Å². The minimum atomic E-state index is -0.0307. The van der Waals surface area contributed by atoms with Gasteiger partial charge in [0.15, 0.2) is 0 Å². The van der Waals surface area contributed by atoms with E-state index in [-0.39, 0.29) is 6.61 Å². The number of aliphatic hydroxyl groups excluding tert-OH is 1. The number of hydrogen-bond donors (Lipinski definition) is 2. The molecule has 0 unspecified atom stereocenters. The Bertz CT molecular complexity index is 254. The number of methoxy groups -OCH3 is 1. The molecule has 0 aliphatic carbocycles. The quantitative estimate of drug-likeness (QED) is 0.796. The molecule has 4 heteroatoms. The summed E-state index contributed by atoms with van der Waals surface area (Å²) in [7, 11) is 1.56. The molecule has 0 radical (unpaired) electrons. The molecule has 1 aliphatic heterocycles. The van der Waals surface area contributed by atoms with Gasteiger partial charge in [0.05, 0.1) is 13.7 Å². The monoisotopic (exact) mass is 224 g/mol. The fourth-order valence-electron chi connectivity index (χ4n) is 1.53. The van der Waals surface area contributed by atoms with Crippen LogP contribution in [0.2, 0.25) is 0 Å². The van der Waals surface area contributed by atoms with Gasteiger partial charge >= 0.3 is 0 Å². The van der Waals surface area contributed by atoms with Gasteiger partial charge in [0, 0.05) is 18.0 Å². The largest absolute Gasteiger partial charge is 0.496 e. The smallest absolute Gasteiger partial charge is 0.127 e. The van der Waals surface area contributed by atoms with Gasteiger partial charge in [-0.1, -0.05) is 6.42 Å². The number of hydrogen-bond acceptors (Lipinski definition) is 4. The Hall–Kier alpha value is -1.13. The Morgan fingerprint density at radius 1 is 1.38 bits per heavy atom. The molecule has 1 fully saturated rings. The lowest BCUT2D eigenvalue weighted by atomic mass is 10.2. The molecule has 2 rings (SSSR count). The van der Waals surface area contributed by atoms with Crippen molar-refractivity contribution in [1.29, 1.82) is 0 Å². The minimum Gasteiger partial charge on any atom is -0.496 e. The van der Waals surface area contributed by atoms with Crippen molar-refractivity contribution < 1.29 is 9.84 Å². The van der Waals surface area contributed by atoms with Crippen LogP contribution in [0, 0.1) is 0 Å². The molecule has 0 saturated carbocycles. The van der Waals surface area contributed by atoms with Crippen molar-refractivity contribution in [3.8, 4) is 5.75 Å². The molecule has 0 amide bonds. The summed E-state index contributed by atoms with van der Waals surface area (Å²) in [5, 5.41) is 12.0. The zero-order chi connectivity index (χ0) is 11.6. The molecule has 90 valence electrons. The molecule has 0 atom stereocenters. The molecule has 0 bridgehead atoms. The van der Waals surface area contributed by atoms with Gasteiger partial charge in [-0.3, -0.25) is 4.98 Å². The van der Waals surface area contributed by atoms with Crippen LogP contribution in [0.15, 0.2) is 18.5 Å². The Kier molecular flexibility index (Phi) is 6.53. The first-order valence-electron chi connectivity index (χ1n) is 5.67. The number of ether oxygens (including phenoxy) is 1. The lowest BCUT2D eigenvalue weighted by Crippen LogP contribution is -2.21. The van der Waals surface area contributed by atoms with Gasteiger partial charge in [-0.15, -0.1) is 0 Å². The zero-order valence-electron chi connectivity index (χ0n) is 9.78. The molecule has 16 heavy (non-hydrogen) atoms. The molecule has 1 aromatic rings. The molecule has 1 saturated heterocycles. The summed E-state index contributed by atoms with van der Waals surface area (Å²) in [6.45, 7) is 2.47. The molecular formula is C12H20N2O2. The van der Waals surface area contributed by atoms with Crippen molar-refractivity contribution in [3.05, 3.63) is 24.0 Å². The maximum atomic E-state index is 8.73. The van der Waals surface area contributed by atoms with Crippen molar-refractivity contribution in [2.45, 2.75) is 25.9 Å². The first-order chi connectivity index (χ1) is 7.88. The van der Waals surface area contributed by atoms with Crippen molar-refractivity contribution in [2.75, 3.05) is 20.2 Å². The molecule has 2 heterocycles. The SMILES string of the molecule is C1CCNCC1.COc1ccncc1CO. The average molecular weight is 224 g/mol. The van der Waals surface area contributed by atoms with Gasteiger partial charge in [0.1, 0.15) is 5.75 Å². The second-order valence-electron chi connectivity index (χ2n) is 3.66. The fourth-order valence-corrected chi connectivity index (χ4v) is 1.53. The standard InChI is InChI=1S/C7H9NO2.C5H11N/c1-10-7-2-3-8-4-6(7)5-9;1-2-4-6-5-3-1/h2-4,9H,5H2,1H3;6H,1-5H2. The summed E-state index contributed by atoms with van der Waals surface area (Å²) < 4.78 is 4.94. The summed E-state index contributed by atoms with van der Waals surface area (Å²) >= 11 is 0. The van der Waals surface area contributed by atoms with Crippen LogP contribution in [0.4, 0.5) is 0 Å². The highest BCUT2D eigenvalue weighted by Crippen LogP contribution is 2.14. The number of aliphatic hydroxyl groups is 1. The van der Waals surface area contributed by atoms with E-state index in [1.165, 1.54) is 32.4 Å². The molecule has 1 aromatic heterocycles. The van der Waals surface area contributed by atoms with Crippen LogP contribution >= 0.6 is 0 Å². The number of piperidine rings is 1. The lowest BCUT2D eigenvalue weighted by molar-refractivity contribution is 0.273. The van der Waals surface area contributed by atoms with Crippen molar-refractivity contribution in [1.82, 2.24) is 10.3 Å². The molecule has 2 N–H and O–H groups in total. The minimum absolute atomic E-state index is 0.0307. The van der Waals surface area contributed by atoms with Crippen LogP contribution in [-0.2, 0) is 6.61 Å². The van der Waals surface area contributed by atoms with Gasteiger partial charge in [0.25, 0.3) is 0 Å². The fraction of sp³-hybridized carbons (Fsp3) is 0.583. The van der Waals surface area contributed by atoms with E-state index < -0.39 is 0 Å². The third-order valence-corrected chi connectivity index (χ3v) is 2.46. The second kappa shape index (κ2) is 8.07. The number of nitrogens with one attached hydrogen (secondary N) is 1. The summed E-state index contributed by atoms with van der Waals surface area (Å²) in [5.74, 6) is 0.678. The molecule has 0 aromatic carbocycles. The summed E-state index contributed by atoms with van der Waals surface area (Å²) in [5.41, 5.74) is 0.713. The van der Waals surface area contributed by atoms with Crippen LogP contribution in [0.1, 0.15) is 24.8 Å². The second-order valence-corrected chi connectivity index (χ2v) is 3.66. The number of pyridine rings is 1.